The van der Waals surface area contributed by atoms with E-state index < -0.39 is 23.5 Å². The Morgan fingerprint density at radius 2 is 1.63 bits per heavy atom. The van der Waals surface area contributed by atoms with Crippen LogP contribution in [0.2, 0.25) is 0 Å². The Hall–Kier alpha value is -2.49. The summed E-state index contributed by atoms with van der Waals surface area (Å²) in [6.45, 7) is 3.73. The van der Waals surface area contributed by atoms with Gasteiger partial charge in [0.2, 0.25) is 0 Å². The molecule has 3 fully saturated rings. The van der Waals surface area contributed by atoms with E-state index >= 15 is 0 Å². The summed E-state index contributed by atoms with van der Waals surface area (Å²) in [5.74, 6) is -1.33. The number of fused-ring (bicyclic) bond motifs is 3. The molecule has 1 amide bonds. The van der Waals surface area contributed by atoms with Gasteiger partial charge in [-0.3, -0.25) is 4.90 Å². The minimum Gasteiger partial charge on any atom is -1.00 e. The second kappa shape index (κ2) is 12.6. The van der Waals surface area contributed by atoms with Crippen LogP contribution in [0.15, 0.2) is 77.7 Å². The van der Waals surface area contributed by atoms with Crippen molar-refractivity contribution in [2.24, 2.45) is 5.92 Å². The first kappa shape index (κ1) is 28.5. The van der Waals surface area contributed by atoms with E-state index in [-0.39, 0.29) is 41.2 Å². The molecule has 4 nitrogen and oxygen atoms in total. The number of hydrogen-bond acceptors (Lipinski definition) is 3. The Kier molecular flexibility index (Phi) is 9.44. The number of halogens is 4. The van der Waals surface area contributed by atoms with Crippen molar-refractivity contribution >= 4 is 23.5 Å². The SMILES string of the molecule is O=C(O[C@H]1C[N+]2(CCSc3ccccc3)CCC1CC2)N(Cc1ccc(F)c(F)c1)c1ccccc1F.[Br-]. The molecular weight excluding hydrogens is 577 g/mol. The van der Waals surface area contributed by atoms with Crippen LogP contribution in [-0.2, 0) is 11.3 Å². The quantitative estimate of drug-likeness (QED) is 0.290. The second-order valence-electron chi connectivity index (χ2n) is 9.90. The van der Waals surface area contributed by atoms with Crippen molar-refractivity contribution in [3.8, 4) is 0 Å². The predicted octanol–water partition coefficient (Wildman–Crippen LogP) is 3.65. The molecule has 3 heterocycles. The number of piperidine rings is 3. The summed E-state index contributed by atoms with van der Waals surface area (Å²) in [6, 6.07) is 19.6. The molecule has 0 N–H and O–H groups in total. The van der Waals surface area contributed by atoms with Gasteiger partial charge in [0, 0.05) is 29.4 Å². The zero-order valence-electron chi connectivity index (χ0n) is 20.9. The first-order chi connectivity index (χ1) is 17.9. The molecule has 3 aromatic rings. The molecule has 0 aliphatic carbocycles. The van der Waals surface area contributed by atoms with Crippen molar-refractivity contribution in [2.45, 2.75) is 30.4 Å². The summed E-state index contributed by atoms with van der Waals surface area (Å²) in [4.78, 5) is 15.9. The Morgan fingerprint density at radius 1 is 0.921 bits per heavy atom. The number of benzene rings is 3. The minimum absolute atomic E-state index is 0. The smallest absolute Gasteiger partial charge is 0.415 e. The topological polar surface area (TPSA) is 29.5 Å². The fourth-order valence-electron chi connectivity index (χ4n) is 5.48. The van der Waals surface area contributed by atoms with Crippen LogP contribution in [0.5, 0.6) is 0 Å². The maximum atomic E-state index is 14.7. The number of carbonyl (C=O) groups is 1. The van der Waals surface area contributed by atoms with E-state index in [1.54, 1.807) is 6.07 Å². The largest absolute Gasteiger partial charge is 1.00 e. The van der Waals surface area contributed by atoms with Crippen LogP contribution >= 0.6 is 11.8 Å². The fourth-order valence-corrected chi connectivity index (χ4v) is 6.54. The number of amides is 1. The molecular formula is C29H30BrF3N2O2S. The third-order valence-electron chi connectivity index (χ3n) is 7.56. The molecule has 3 aliphatic heterocycles. The van der Waals surface area contributed by atoms with E-state index in [0.29, 0.717) is 5.56 Å². The number of quaternary nitrogens is 1. The third-order valence-corrected chi connectivity index (χ3v) is 8.55. The van der Waals surface area contributed by atoms with Gasteiger partial charge in [0.05, 0.1) is 31.9 Å². The number of rotatable bonds is 8. The van der Waals surface area contributed by atoms with Gasteiger partial charge in [-0.1, -0.05) is 36.4 Å². The maximum absolute atomic E-state index is 14.7. The van der Waals surface area contributed by atoms with Gasteiger partial charge in [-0.2, -0.15) is 0 Å². The van der Waals surface area contributed by atoms with Crippen LogP contribution in [0, 0.1) is 23.4 Å². The normalized spacial score (nSPS) is 22.0. The number of carbonyl (C=O) groups excluding carboxylic acids is 1. The molecule has 0 radical (unpaired) electrons. The molecule has 6 rings (SSSR count). The molecule has 0 aromatic heterocycles. The van der Waals surface area contributed by atoms with Crippen LogP contribution in [0.4, 0.5) is 23.7 Å². The lowest BCUT2D eigenvalue weighted by atomic mass is 9.83. The number of para-hydroxylation sites is 1. The second-order valence-corrected chi connectivity index (χ2v) is 11.1. The first-order valence-corrected chi connectivity index (χ1v) is 13.6. The lowest BCUT2D eigenvalue weighted by Gasteiger charge is -2.52. The summed E-state index contributed by atoms with van der Waals surface area (Å²) >= 11 is 1.84. The summed E-state index contributed by atoms with van der Waals surface area (Å²) in [5, 5.41) is 0. The van der Waals surface area contributed by atoms with Crippen LogP contribution < -0.4 is 21.9 Å². The molecule has 3 aromatic carbocycles. The average Bonchev–Trinajstić information content (AvgIpc) is 2.91. The number of hydrogen-bond donors (Lipinski definition) is 0. The molecule has 38 heavy (non-hydrogen) atoms. The molecule has 0 spiro atoms. The summed E-state index contributed by atoms with van der Waals surface area (Å²) in [5.41, 5.74) is 0.385. The zero-order valence-corrected chi connectivity index (χ0v) is 23.3. The summed E-state index contributed by atoms with van der Waals surface area (Å²) < 4.78 is 49.0. The van der Waals surface area contributed by atoms with Gasteiger partial charge >= 0.3 is 6.09 Å². The Morgan fingerprint density at radius 3 is 2.34 bits per heavy atom. The third kappa shape index (κ3) is 6.55. The highest BCUT2D eigenvalue weighted by Gasteiger charge is 2.47. The molecule has 2 bridgehead atoms. The van der Waals surface area contributed by atoms with Crippen molar-refractivity contribution in [3.63, 3.8) is 0 Å². The van der Waals surface area contributed by atoms with Crippen molar-refractivity contribution < 1.29 is 44.2 Å². The number of thioether (sulfide) groups is 1. The highest BCUT2D eigenvalue weighted by molar-refractivity contribution is 7.99. The highest BCUT2D eigenvalue weighted by atomic mass is 79.9. The Bertz CT molecular complexity index is 1240. The van der Waals surface area contributed by atoms with E-state index in [1.165, 1.54) is 34.1 Å². The lowest BCUT2D eigenvalue weighted by Crippen LogP contribution is -3.00. The van der Waals surface area contributed by atoms with Crippen molar-refractivity contribution in [2.75, 3.05) is 36.8 Å². The molecule has 3 aliphatic rings. The van der Waals surface area contributed by atoms with Gasteiger partial charge in [-0.05, 0) is 42.0 Å². The van der Waals surface area contributed by atoms with Gasteiger partial charge in [-0.15, -0.1) is 11.8 Å². The Labute approximate surface area is 236 Å². The van der Waals surface area contributed by atoms with Crippen molar-refractivity contribution in [1.82, 2.24) is 0 Å². The average molecular weight is 608 g/mol. The molecule has 0 unspecified atom stereocenters. The lowest BCUT2D eigenvalue weighted by molar-refractivity contribution is -0.943. The molecule has 1 atom stereocenters. The van der Waals surface area contributed by atoms with E-state index in [2.05, 4.69) is 12.1 Å². The van der Waals surface area contributed by atoms with E-state index in [9.17, 15) is 18.0 Å². The predicted molar refractivity (Wildman–Crippen MR) is 139 cm³/mol. The van der Waals surface area contributed by atoms with Crippen LogP contribution in [0.3, 0.4) is 0 Å². The van der Waals surface area contributed by atoms with E-state index in [0.717, 1.165) is 61.4 Å². The molecule has 9 heteroatoms. The first-order valence-electron chi connectivity index (χ1n) is 12.6. The van der Waals surface area contributed by atoms with Crippen molar-refractivity contribution in [3.05, 3.63) is 95.8 Å². The van der Waals surface area contributed by atoms with E-state index in [4.69, 9.17) is 4.74 Å². The Balaban J connectivity index is 0.00000336. The van der Waals surface area contributed by atoms with Gasteiger partial charge < -0.3 is 26.2 Å². The molecule has 3 saturated heterocycles. The van der Waals surface area contributed by atoms with Crippen LogP contribution in [0.25, 0.3) is 0 Å². The van der Waals surface area contributed by atoms with Gasteiger partial charge in [0.1, 0.15) is 12.4 Å². The summed E-state index contributed by atoms with van der Waals surface area (Å²) in [6.07, 6.45) is 1.02. The van der Waals surface area contributed by atoms with Gasteiger partial charge in [0.25, 0.3) is 0 Å². The number of nitrogens with zero attached hydrogens (tertiary/aromatic N) is 2. The summed E-state index contributed by atoms with van der Waals surface area (Å²) in [7, 11) is 0. The van der Waals surface area contributed by atoms with Crippen LogP contribution in [-0.4, -0.2) is 48.6 Å². The highest BCUT2D eigenvalue weighted by Crippen LogP contribution is 2.37. The fraction of sp³-hybridized carbons (Fsp3) is 0.345. The van der Waals surface area contributed by atoms with Gasteiger partial charge in [0.15, 0.2) is 17.7 Å². The molecule has 202 valence electrons. The number of ether oxygens (including phenoxy) is 1. The molecule has 0 saturated carbocycles. The standard InChI is InChI=1S/C29H30F3N2O2S.BrH/c30-24-11-10-21(18-26(24)32)19-33(27-9-5-4-8-25(27)31)29(35)36-28-20-34(14-12-22(28)13-15-34)16-17-37-23-6-2-1-3-7-23;/h1-11,18,22,28H,12-17,19-20H2;1H/q+1;/p-1/t22?,28-,34?;/m0./s1. The van der Waals surface area contributed by atoms with Crippen LogP contribution in [0.1, 0.15) is 18.4 Å². The van der Waals surface area contributed by atoms with E-state index in [1.807, 2.05) is 30.0 Å². The monoisotopic (exact) mass is 606 g/mol. The zero-order chi connectivity index (χ0) is 25.8. The minimum atomic E-state index is -1.02. The number of anilines is 1. The van der Waals surface area contributed by atoms with Crippen molar-refractivity contribution in [1.29, 1.82) is 0 Å². The van der Waals surface area contributed by atoms with Gasteiger partial charge in [-0.25, -0.2) is 18.0 Å². The maximum Gasteiger partial charge on any atom is 0.415 e.